The van der Waals surface area contributed by atoms with Crippen LogP contribution in [0.1, 0.15) is 18.1 Å². The maximum atomic E-state index is 12.4. The lowest BCUT2D eigenvalue weighted by Gasteiger charge is -2.07. The molecule has 0 saturated carbocycles. The van der Waals surface area contributed by atoms with Crippen LogP contribution in [0.3, 0.4) is 0 Å². The molecular formula is C18H12F3N3O3S. The summed E-state index contributed by atoms with van der Waals surface area (Å²) in [4.78, 5) is 21.9. The molecule has 0 aliphatic carbocycles. The average Bonchev–Trinajstić information content (AvgIpc) is 3.27. The van der Waals surface area contributed by atoms with E-state index in [2.05, 4.69) is 20.2 Å². The first-order valence-corrected chi connectivity index (χ1v) is 8.94. The third-order valence-electron chi connectivity index (χ3n) is 3.92. The van der Waals surface area contributed by atoms with Gasteiger partial charge >= 0.3 is 6.36 Å². The summed E-state index contributed by atoms with van der Waals surface area (Å²) < 4.78 is 41.3. The topological polar surface area (TPSA) is 72.8 Å². The molecule has 1 N–H and O–H groups in total. The quantitative estimate of drug-likeness (QED) is 0.683. The first kappa shape index (κ1) is 18.2. The molecule has 4 rings (SSSR count). The second-order valence-electron chi connectivity index (χ2n) is 5.90. The van der Waals surface area contributed by atoms with Gasteiger partial charge in [-0.2, -0.15) is 0 Å². The van der Waals surface area contributed by atoms with Crippen molar-refractivity contribution in [3.8, 4) is 5.75 Å². The van der Waals surface area contributed by atoms with Crippen LogP contribution >= 0.6 is 11.3 Å². The SMILES string of the molecule is O=C(Nc1nc2ccc(OC(F)(F)F)cc2s1)C1=NOC(c2ccccc2)C1. The highest BCUT2D eigenvalue weighted by Crippen LogP contribution is 2.32. The van der Waals surface area contributed by atoms with E-state index in [0.717, 1.165) is 16.9 Å². The fourth-order valence-electron chi connectivity index (χ4n) is 2.68. The summed E-state index contributed by atoms with van der Waals surface area (Å²) in [5.74, 6) is -0.815. The second-order valence-corrected chi connectivity index (χ2v) is 6.93. The largest absolute Gasteiger partial charge is 0.573 e. The Morgan fingerprint density at radius 3 is 2.75 bits per heavy atom. The molecule has 0 saturated heterocycles. The summed E-state index contributed by atoms with van der Waals surface area (Å²) in [6, 6.07) is 13.2. The Morgan fingerprint density at radius 2 is 2.00 bits per heavy atom. The van der Waals surface area contributed by atoms with E-state index in [1.807, 2.05) is 30.3 Å². The molecule has 144 valence electrons. The number of oxime groups is 1. The number of hydrogen-bond acceptors (Lipinski definition) is 6. The molecule has 6 nitrogen and oxygen atoms in total. The van der Waals surface area contributed by atoms with Crippen molar-refractivity contribution in [2.45, 2.75) is 18.9 Å². The third-order valence-corrected chi connectivity index (χ3v) is 4.85. The van der Waals surface area contributed by atoms with Gasteiger partial charge in [0.05, 0.1) is 10.2 Å². The summed E-state index contributed by atoms with van der Waals surface area (Å²) in [5, 5.41) is 6.69. The first-order valence-electron chi connectivity index (χ1n) is 8.13. The number of halogens is 3. The lowest BCUT2D eigenvalue weighted by atomic mass is 10.0. The molecule has 1 aliphatic heterocycles. The number of thiazole rings is 1. The molecule has 2 aromatic carbocycles. The van der Waals surface area contributed by atoms with E-state index in [-0.39, 0.29) is 22.7 Å². The zero-order valence-electron chi connectivity index (χ0n) is 14.1. The normalized spacial score (nSPS) is 16.5. The zero-order chi connectivity index (χ0) is 19.7. The Morgan fingerprint density at radius 1 is 1.21 bits per heavy atom. The molecule has 1 amide bonds. The van der Waals surface area contributed by atoms with Crippen LogP contribution in [0.4, 0.5) is 18.3 Å². The molecule has 1 atom stereocenters. The summed E-state index contributed by atoms with van der Waals surface area (Å²) in [5.41, 5.74) is 1.57. The summed E-state index contributed by atoms with van der Waals surface area (Å²) in [7, 11) is 0. The van der Waals surface area contributed by atoms with Crippen LogP contribution in [0.5, 0.6) is 5.75 Å². The molecular weight excluding hydrogens is 395 g/mol. The number of hydrogen-bond donors (Lipinski definition) is 1. The van der Waals surface area contributed by atoms with Gasteiger partial charge in [0.25, 0.3) is 5.91 Å². The molecule has 1 aromatic heterocycles. The Bertz CT molecular complexity index is 1050. The van der Waals surface area contributed by atoms with Gasteiger partial charge in [0.1, 0.15) is 11.5 Å². The fraction of sp³-hybridized carbons (Fsp3) is 0.167. The number of rotatable bonds is 4. The number of benzene rings is 2. The molecule has 0 radical (unpaired) electrons. The van der Waals surface area contributed by atoms with Gasteiger partial charge in [-0.3, -0.25) is 10.1 Å². The van der Waals surface area contributed by atoms with Crippen molar-refractivity contribution in [3.05, 3.63) is 54.1 Å². The minimum atomic E-state index is -4.77. The standard InChI is InChI=1S/C18H12F3N3O3S/c19-18(20,21)26-11-6-7-12-15(8-11)28-17(22-12)23-16(25)13-9-14(27-24-13)10-4-2-1-3-5-10/h1-8,14H,9H2,(H,22,23,25). The van der Waals surface area contributed by atoms with Crippen LogP contribution in [0.15, 0.2) is 53.7 Å². The van der Waals surface area contributed by atoms with E-state index in [1.165, 1.54) is 18.2 Å². The Balaban J connectivity index is 1.44. The van der Waals surface area contributed by atoms with Gasteiger partial charge in [-0.25, -0.2) is 4.98 Å². The van der Waals surface area contributed by atoms with E-state index in [0.29, 0.717) is 16.6 Å². The summed E-state index contributed by atoms with van der Waals surface area (Å²) in [6.07, 6.45) is -4.80. The zero-order valence-corrected chi connectivity index (χ0v) is 14.9. The van der Waals surface area contributed by atoms with E-state index in [1.54, 1.807) is 0 Å². The Hall–Kier alpha value is -3.14. The van der Waals surface area contributed by atoms with Crippen LogP contribution in [0.25, 0.3) is 10.2 Å². The smallest absolute Gasteiger partial charge is 0.406 e. The minimum absolute atomic E-state index is 0.217. The number of ether oxygens (including phenoxy) is 1. The number of alkyl halides is 3. The highest BCUT2D eigenvalue weighted by atomic mass is 32.1. The highest BCUT2D eigenvalue weighted by Gasteiger charge is 2.31. The van der Waals surface area contributed by atoms with Crippen molar-refractivity contribution in [2.24, 2.45) is 5.16 Å². The lowest BCUT2D eigenvalue weighted by Crippen LogP contribution is -2.21. The number of nitrogens with zero attached hydrogens (tertiary/aromatic N) is 2. The highest BCUT2D eigenvalue weighted by molar-refractivity contribution is 7.22. The van der Waals surface area contributed by atoms with Gasteiger partial charge in [0.2, 0.25) is 0 Å². The van der Waals surface area contributed by atoms with Crippen LogP contribution in [0.2, 0.25) is 0 Å². The van der Waals surface area contributed by atoms with Crippen molar-refractivity contribution in [3.63, 3.8) is 0 Å². The Labute approximate surface area is 160 Å². The fourth-order valence-corrected chi connectivity index (χ4v) is 3.57. The van der Waals surface area contributed by atoms with Crippen LogP contribution in [-0.2, 0) is 9.63 Å². The monoisotopic (exact) mass is 407 g/mol. The number of nitrogens with one attached hydrogen (secondary N) is 1. The molecule has 10 heteroatoms. The number of aromatic nitrogens is 1. The summed E-state index contributed by atoms with van der Waals surface area (Å²) >= 11 is 1.04. The molecule has 28 heavy (non-hydrogen) atoms. The number of amides is 1. The van der Waals surface area contributed by atoms with Gasteiger partial charge in [-0.15, -0.1) is 13.2 Å². The van der Waals surface area contributed by atoms with Gasteiger partial charge in [0.15, 0.2) is 11.2 Å². The van der Waals surface area contributed by atoms with Crippen molar-refractivity contribution in [2.75, 3.05) is 5.32 Å². The molecule has 0 fully saturated rings. The maximum Gasteiger partial charge on any atom is 0.573 e. The van der Waals surface area contributed by atoms with Gasteiger partial charge < -0.3 is 9.57 Å². The number of carbonyl (C=O) groups is 1. The number of carbonyl (C=O) groups excluding carboxylic acids is 1. The Kier molecular flexibility index (Phi) is 4.63. The molecule has 1 aliphatic rings. The van der Waals surface area contributed by atoms with Crippen molar-refractivity contribution >= 4 is 38.3 Å². The van der Waals surface area contributed by atoms with Crippen molar-refractivity contribution < 1.29 is 27.5 Å². The molecule has 0 spiro atoms. The molecule has 2 heterocycles. The molecule has 3 aromatic rings. The molecule has 0 bridgehead atoms. The number of fused-ring (bicyclic) bond motifs is 1. The van der Waals surface area contributed by atoms with Crippen molar-refractivity contribution in [1.82, 2.24) is 4.98 Å². The number of anilines is 1. The van der Waals surface area contributed by atoms with E-state index in [4.69, 9.17) is 4.84 Å². The average molecular weight is 407 g/mol. The minimum Gasteiger partial charge on any atom is -0.406 e. The van der Waals surface area contributed by atoms with Gasteiger partial charge in [-0.1, -0.05) is 46.8 Å². The predicted molar refractivity (Wildman–Crippen MR) is 97.3 cm³/mol. The van der Waals surface area contributed by atoms with Crippen LogP contribution in [0, 0.1) is 0 Å². The van der Waals surface area contributed by atoms with Crippen molar-refractivity contribution in [1.29, 1.82) is 0 Å². The van der Waals surface area contributed by atoms with E-state index < -0.39 is 12.3 Å². The summed E-state index contributed by atoms with van der Waals surface area (Å²) in [6.45, 7) is 0. The van der Waals surface area contributed by atoms with E-state index in [9.17, 15) is 18.0 Å². The second kappa shape index (κ2) is 7.12. The lowest BCUT2D eigenvalue weighted by molar-refractivity contribution is -0.274. The van der Waals surface area contributed by atoms with Crippen LogP contribution < -0.4 is 10.1 Å². The van der Waals surface area contributed by atoms with Gasteiger partial charge in [0, 0.05) is 12.5 Å². The van der Waals surface area contributed by atoms with Gasteiger partial charge in [-0.05, 0) is 17.7 Å². The maximum absolute atomic E-state index is 12.4. The first-order chi connectivity index (χ1) is 13.4. The predicted octanol–water partition coefficient (Wildman–Crippen LogP) is 4.65. The molecule has 1 unspecified atom stereocenters. The van der Waals surface area contributed by atoms with Crippen LogP contribution in [-0.4, -0.2) is 23.0 Å². The third kappa shape index (κ3) is 4.06. The van der Waals surface area contributed by atoms with E-state index >= 15 is 0 Å².